The molecule has 0 unspecified atom stereocenters. The van der Waals surface area contributed by atoms with E-state index in [0.29, 0.717) is 36.9 Å². The monoisotopic (exact) mass is 271 g/mol. The van der Waals surface area contributed by atoms with Crippen molar-refractivity contribution in [2.75, 3.05) is 26.3 Å². The molecule has 1 amide bonds. The van der Waals surface area contributed by atoms with Crippen molar-refractivity contribution in [1.82, 2.24) is 4.90 Å². The number of halogens is 1. The molecule has 5 nitrogen and oxygen atoms in total. The molecular weight excluding hydrogens is 256 g/mol. The van der Waals surface area contributed by atoms with Gasteiger partial charge in [0.15, 0.2) is 0 Å². The standard InChI is InChI=1S/C11H12ClNO2.BH3O2/c12-10-4-2-1-3-9(10)11(14)13-5-7-15-8-6-13;2-1-3/h1-4H,5-8H2;1-3H. The zero-order valence-electron chi connectivity index (χ0n) is 9.88. The van der Waals surface area contributed by atoms with Crippen molar-refractivity contribution in [2.45, 2.75) is 0 Å². The SMILES string of the molecule is O=C(c1ccccc1Cl)N1CCOCC1.OBO. The van der Waals surface area contributed by atoms with Gasteiger partial charge in [-0.05, 0) is 12.1 Å². The summed E-state index contributed by atoms with van der Waals surface area (Å²) < 4.78 is 5.19. The summed E-state index contributed by atoms with van der Waals surface area (Å²) in [7, 11) is -0.750. The predicted octanol–water partition coefficient (Wildman–Crippen LogP) is 0.0499. The van der Waals surface area contributed by atoms with Gasteiger partial charge < -0.3 is 19.7 Å². The molecule has 0 aromatic heterocycles. The van der Waals surface area contributed by atoms with Crippen LogP contribution in [0, 0.1) is 0 Å². The largest absolute Gasteiger partial charge is 0.432 e. The molecule has 1 aromatic carbocycles. The minimum absolute atomic E-state index is 0.0103. The van der Waals surface area contributed by atoms with Gasteiger partial charge in [0.1, 0.15) is 0 Å². The van der Waals surface area contributed by atoms with Crippen molar-refractivity contribution in [1.29, 1.82) is 0 Å². The highest BCUT2D eigenvalue weighted by molar-refractivity contribution is 6.33. The minimum atomic E-state index is -0.750. The molecule has 1 aliphatic rings. The number of amides is 1. The zero-order valence-corrected chi connectivity index (χ0v) is 10.6. The van der Waals surface area contributed by atoms with Crippen molar-refractivity contribution in [3.63, 3.8) is 0 Å². The molecule has 0 radical (unpaired) electrons. The topological polar surface area (TPSA) is 70.0 Å². The Morgan fingerprint density at radius 2 is 1.83 bits per heavy atom. The summed E-state index contributed by atoms with van der Waals surface area (Å²) >= 11 is 5.96. The van der Waals surface area contributed by atoms with Gasteiger partial charge in [-0.3, -0.25) is 4.79 Å². The summed E-state index contributed by atoms with van der Waals surface area (Å²) in [6.07, 6.45) is 0. The second kappa shape index (κ2) is 8.10. The average Bonchev–Trinajstić information content (AvgIpc) is 2.40. The number of carbonyl (C=O) groups is 1. The van der Waals surface area contributed by atoms with Crippen LogP contribution in [0.2, 0.25) is 5.02 Å². The Balaban J connectivity index is 0.000000492. The Labute approximate surface area is 111 Å². The van der Waals surface area contributed by atoms with Crippen LogP contribution in [0.25, 0.3) is 0 Å². The number of rotatable bonds is 1. The smallest absolute Gasteiger partial charge is 0.430 e. The third-order valence-corrected chi connectivity index (χ3v) is 2.73. The minimum Gasteiger partial charge on any atom is -0.430 e. The van der Waals surface area contributed by atoms with E-state index in [1.807, 2.05) is 12.1 Å². The number of ether oxygens (including phenoxy) is 1. The average molecular weight is 272 g/mol. The number of nitrogens with zero attached hydrogens (tertiary/aromatic N) is 1. The first kappa shape index (κ1) is 15.0. The molecule has 1 aliphatic heterocycles. The van der Waals surface area contributed by atoms with Gasteiger partial charge >= 0.3 is 7.69 Å². The number of hydrogen-bond acceptors (Lipinski definition) is 4. The number of carbonyl (C=O) groups excluding carboxylic acids is 1. The number of benzene rings is 1. The molecule has 0 atom stereocenters. The summed E-state index contributed by atoms with van der Waals surface area (Å²) in [5.74, 6) is -0.0103. The van der Waals surface area contributed by atoms with Crippen LogP contribution in [0.5, 0.6) is 0 Å². The highest BCUT2D eigenvalue weighted by atomic mass is 35.5. The quantitative estimate of drug-likeness (QED) is 0.708. The third kappa shape index (κ3) is 4.31. The first-order valence-corrected chi connectivity index (χ1v) is 5.91. The van der Waals surface area contributed by atoms with Crippen LogP contribution < -0.4 is 0 Å². The summed E-state index contributed by atoms with van der Waals surface area (Å²) in [4.78, 5) is 13.8. The van der Waals surface area contributed by atoms with Gasteiger partial charge in [0.05, 0.1) is 23.8 Å². The fourth-order valence-electron chi connectivity index (χ4n) is 1.57. The lowest BCUT2D eigenvalue weighted by Gasteiger charge is -2.27. The van der Waals surface area contributed by atoms with Crippen molar-refractivity contribution < 1.29 is 19.6 Å². The van der Waals surface area contributed by atoms with E-state index in [-0.39, 0.29) is 5.91 Å². The number of hydrogen-bond donors (Lipinski definition) is 2. The van der Waals surface area contributed by atoms with Crippen molar-refractivity contribution in [3.8, 4) is 0 Å². The Bertz CT molecular complexity index is 385. The van der Waals surface area contributed by atoms with Crippen LogP contribution in [-0.2, 0) is 4.74 Å². The van der Waals surface area contributed by atoms with Gasteiger partial charge in [-0.25, -0.2) is 0 Å². The molecule has 1 fully saturated rings. The van der Waals surface area contributed by atoms with E-state index in [1.54, 1.807) is 17.0 Å². The lowest BCUT2D eigenvalue weighted by molar-refractivity contribution is 0.0303. The second-order valence-electron chi connectivity index (χ2n) is 3.53. The van der Waals surface area contributed by atoms with Crippen LogP contribution in [0.3, 0.4) is 0 Å². The van der Waals surface area contributed by atoms with Crippen LogP contribution in [0.15, 0.2) is 24.3 Å². The molecule has 7 heteroatoms. The fraction of sp³-hybridized carbons (Fsp3) is 0.364. The van der Waals surface area contributed by atoms with Gasteiger partial charge in [0.2, 0.25) is 0 Å². The van der Waals surface area contributed by atoms with Gasteiger partial charge in [-0.1, -0.05) is 23.7 Å². The Hall–Kier alpha value is -1.08. The number of morpholine rings is 1. The van der Waals surface area contributed by atoms with E-state index < -0.39 is 7.69 Å². The molecule has 2 rings (SSSR count). The van der Waals surface area contributed by atoms with Crippen LogP contribution in [0.4, 0.5) is 0 Å². The molecule has 0 bridgehead atoms. The van der Waals surface area contributed by atoms with Crippen LogP contribution in [0.1, 0.15) is 10.4 Å². The highest BCUT2D eigenvalue weighted by Crippen LogP contribution is 2.17. The summed E-state index contributed by atoms with van der Waals surface area (Å²) in [5, 5.41) is 14.8. The first-order valence-electron chi connectivity index (χ1n) is 5.54. The Morgan fingerprint density at radius 3 is 2.39 bits per heavy atom. The van der Waals surface area contributed by atoms with Gasteiger partial charge in [0.25, 0.3) is 5.91 Å². The van der Waals surface area contributed by atoms with E-state index in [9.17, 15) is 4.79 Å². The van der Waals surface area contributed by atoms with E-state index in [0.717, 1.165) is 0 Å². The zero-order chi connectivity index (χ0) is 13.4. The molecule has 0 aliphatic carbocycles. The maximum absolute atomic E-state index is 12.0. The van der Waals surface area contributed by atoms with E-state index in [4.69, 9.17) is 26.4 Å². The molecule has 1 saturated heterocycles. The summed E-state index contributed by atoms with van der Waals surface area (Å²) in [6, 6.07) is 7.12. The molecular formula is C11H15BClNO4. The Morgan fingerprint density at radius 1 is 1.28 bits per heavy atom. The molecule has 18 heavy (non-hydrogen) atoms. The highest BCUT2D eigenvalue weighted by Gasteiger charge is 2.19. The van der Waals surface area contributed by atoms with E-state index in [2.05, 4.69) is 0 Å². The van der Waals surface area contributed by atoms with Crippen molar-refractivity contribution in [2.24, 2.45) is 0 Å². The molecule has 0 spiro atoms. The van der Waals surface area contributed by atoms with Gasteiger partial charge in [-0.15, -0.1) is 0 Å². The van der Waals surface area contributed by atoms with Crippen molar-refractivity contribution >= 4 is 25.2 Å². The lowest BCUT2D eigenvalue weighted by atomic mass is 10.2. The third-order valence-electron chi connectivity index (χ3n) is 2.40. The molecule has 1 heterocycles. The molecule has 1 aromatic rings. The predicted molar refractivity (Wildman–Crippen MR) is 69.8 cm³/mol. The van der Waals surface area contributed by atoms with E-state index >= 15 is 0 Å². The lowest BCUT2D eigenvalue weighted by Crippen LogP contribution is -2.40. The maximum atomic E-state index is 12.0. The second-order valence-corrected chi connectivity index (χ2v) is 3.93. The summed E-state index contributed by atoms with van der Waals surface area (Å²) in [6.45, 7) is 2.50. The van der Waals surface area contributed by atoms with Crippen molar-refractivity contribution in [3.05, 3.63) is 34.9 Å². The first-order chi connectivity index (χ1) is 8.70. The maximum Gasteiger partial charge on any atom is 0.432 e. The van der Waals surface area contributed by atoms with E-state index in [1.165, 1.54) is 0 Å². The molecule has 0 saturated carbocycles. The summed E-state index contributed by atoms with van der Waals surface area (Å²) in [5.41, 5.74) is 0.570. The van der Waals surface area contributed by atoms with Crippen LogP contribution in [-0.4, -0.2) is 54.8 Å². The van der Waals surface area contributed by atoms with Gasteiger partial charge in [-0.2, -0.15) is 0 Å². The Kier molecular flexibility index (Phi) is 6.74. The molecule has 98 valence electrons. The normalized spacial score (nSPS) is 14.5. The van der Waals surface area contributed by atoms with Gasteiger partial charge in [0, 0.05) is 13.1 Å². The molecule has 2 N–H and O–H groups in total. The van der Waals surface area contributed by atoms with Crippen LogP contribution >= 0.6 is 11.6 Å². The fourth-order valence-corrected chi connectivity index (χ4v) is 1.79.